The predicted octanol–water partition coefficient (Wildman–Crippen LogP) is 3.68. The molecule has 82 valence electrons. The van der Waals surface area contributed by atoms with Gasteiger partial charge in [-0.15, -0.1) is 0 Å². The molecule has 1 nitrogen and oxygen atoms in total. The maximum atomic E-state index is 3.76. The Morgan fingerprint density at radius 2 is 1.93 bits per heavy atom. The van der Waals surface area contributed by atoms with E-state index in [0.717, 1.165) is 5.67 Å². The fraction of sp³-hybridized carbons (Fsp3) is 0.538. The Morgan fingerprint density at radius 3 is 2.67 bits per heavy atom. The largest absolute Gasteiger partial charge is 0.385 e. The lowest BCUT2D eigenvalue weighted by Crippen LogP contribution is -2.43. The smallest absolute Gasteiger partial charge is 0.0701 e. The number of fused-ring (bicyclic) bond motifs is 1. The summed E-state index contributed by atoms with van der Waals surface area (Å²) in [5.41, 5.74) is 3.61. The minimum atomic E-state index is -1.07. The Kier molecular flexibility index (Phi) is 2.87. The lowest BCUT2D eigenvalue weighted by atomic mass is 10.1. The minimum Gasteiger partial charge on any atom is -0.385 e. The van der Waals surface area contributed by atoms with Crippen LogP contribution >= 0.6 is 0 Å². The van der Waals surface area contributed by atoms with E-state index in [1.165, 1.54) is 30.5 Å². The first-order valence-corrected chi connectivity index (χ1v) is 9.49. The van der Waals surface area contributed by atoms with Crippen molar-refractivity contribution >= 4 is 13.8 Å². The number of rotatable bonds is 1. The molecule has 1 aromatic rings. The molecule has 0 aromatic heterocycles. The molecule has 1 unspecified atom stereocenters. The van der Waals surface area contributed by atoms with Gasteiger partial charge in [0.15, 0.2) is 0 Å². The van der Waals surface area contributed by atoms with E-state index in [1.807, 2.05) is 0 Å². The van der Waals surface area contributed by atoms with Gasteiger partial charge < -0.3 is 5.32 Å². The molecule has 15 heavy (non-hydrogen) atoms. The van der Waals surface area contributed by atoms with Crippen LogP contribution in [0.2, 0.25) is 19.6 Å². The summed E-state index contributed by atoms with van der Waals surface area (Å²) in [6.45, 7) is 7.37. The molecule has 0 spiro atoms. The Bertz CT molecular complexity index is 341. The van der Waals surface area contributed by atoms with E-state index in [0.29, 0.717) is 0 Å². The Hall–Kier alpha value is -0.763. The molecule has 1 heterocycles. The third-order valence-corrected chi connectivity index (χ3v) is 5.86. The van der Waals surface area contributed by atoms with Gasteiger partial charge in [-0.1, -0.05) is 37.8 Å². The van der Waals surface area contributed by atoms with Crippen LogP contribution in [0.4, 0.5) is 5.69 Å². The van der Waals surface area contributed by atoms with Crippen molar-refractivity contribution in [2.45, 2.75) is 44.6 Å². The molecule has 0 radical (unpaired) electrons. The zero-order valence-corrected chi connectivity index (χ0v) is 11.0. The predicted molar refractivity (Wildman–Crippen MR) is 70.1 cm³/mol. The Morgan fingerprint density at radius 1 is 1.20 bits per heavy atom. The second-order valence-corrected chi connectivity index (χ2v) is 11.0. The average molecular weight is 219 g/mol. The molecular formula is C13H21NSi. The maximum absolute atomic E-state index is 3.76. The summed E-state index contributed by atoms with van der Waals surface area (Å²) in [7, 11) is -1.07. The van der Waals surface area contributed by atoms with Crippen LogP contribution in [0.5, 0.6) is 0 Å². The number of para-hydroxylation sites is 1. The molecule has 1 atom stereocenters. The minimum absolute atomic E-state index is 0.737. The van der Waals surface area contributed by atoms with Crippen LogP contribution in [0.15, 0.2) is 24.3 Å². The third kappa shape index (κ3) is 2.43. The number of aryl methyl sites for hydroxylation is 1. The summed E-state index contributed by atoms with van der Waals surface area (Å²) in [6, 6.07) is 8.77. The summed E-state index contributed by atoms with van der Waals surface area (Å²) < 4.78 is 0. The maximum Gasteiger partial charge on any atom is 0.0701 e. The molecule has 1 aliphatic heterocycles. The molecular weight excluding hydrogens is 198 g/mol. The molecule has 1 aromatic carbocycles. The summed E-state index contributed by atoms with van der Waals surface area (Å²) in [4.78, 5) is 0. The number of anilines is 1. The quantitative estimate of drug-likeness (QED) is 0.711. The van der Waals surface area contributed by atoms with Crippen molar-refractivity contribution < 1.29 is 0 Å². The van der Waals surface area contributed by atoms with Crippen molar-refractivity contribution in [3.05, 3.63) is 29.8 Å². The molecule has 2 heteroatoms. The highest BCUT2D eigenvalue weighted by atomic mass is 28.3. The van der Waals surface area contributed by atoms with E-state index >= 15 is 0 Å². The second-order valence-electron chi connectivity index (χ2n) is 5.61. The van der Waals surface area contributed by atoms with Crippen molar-refractivity contribution in [2.24, 2.45) is 0 Å². The van der Waals surface area contributed by atoms with Gasteiger partial charge in [-0.25, -0.2) is 0 Å². The number of nitrogens with one attached hydrogen (secondary N) is 1. The van der Waals surface area contributed by atoms with Gasteiger partial charge in [0.25, 0.3) is 0 Å². The van der Waals surface area contributed by atoms with Crippen LogP contribution in [0.3, 0.4) is 0 Å². The topological polar surface area (TPSA) is 12.0 Å². The van der Waals surface area contributed by atoms with Crippen LogP contribution in [-0.2, 0) is 6.42 Å². The van der Waals surface area contributed by atoms with E-state index in [2.05, 4.69) is 49.2 Å². The standard InChI is InChI=1S/C13H21NSi/c1-15(2,3)13-10-6-8-11-7-4-5-9-12(11)14-13/h4-5,7,9,13-14H,6,8,10H2,1-3H3. The number of benzene rings is 1. The fourth-order valence-electron chi connectivity index (χ4n) is 2.29. The monoisotopic (exact) mass is 219 g/mol. The van der Waals surface area contributed by atoms with Gasteiger partial charge in [0.2, 0.25) is 0 Å². The lowest BCUT2D eigenvalue weighted by molar-refractivity contribution is 0.736. The van der Waals surface area contributed by atoms with E-state index in [-0.39, 0.29) is 0 Å². The van der Waals surface area contributed by atoms with Gasteiger partial charge in [-0.05, 0) is 30.9 Å². The average Bonchev–Trinajstić information content (AvgIpc) is 2.38. The van der Waals surface area contributed by atoms with Crippen LogP contribution in [-0.4, -0.2) is 13.7 Å². The SMILES string of the molecule is C[Si](C)(C)C1CCCc2ccccc2N1. The molecule has 1 aliphatic rings. The van der Waals surface area contributed by atoms with Gasteiger partial charge >= 0.3 is 0 Å². The molecule has 0 fully saturated rings. The number of hydrogen-bond acceptors (Lipinski definition) is 1. The highest BCUT2D eigenvalue weighted by molar-refractivity contribution is 6.78. The third-order valence-electron chi connectivity index (χ3n) is 3.33. The van der Waals surface area contributed by atoms with Crippen molar-refractivity contribution in [1.29, 1.82) is 0 Å². The van der Waals surface area contributed by atoms with Crippen molar-refractivity contribution in [1.82, 2.24) is 0 Å². The first-order chi connectivity index (χ1) is 7.07. The summed E-state index contributed by atoms with van der Waals surface area (Å²) in [5, 5.41) is 3.76. The zero-order valence-electron chi connectivity index (χ0n) is 10.0. The fourth-order valence-corrected chi connectivity index (χ4v) is 3.94. The van der Waals surface area contributed by atoms with Crippen LogP contribution < -0.4 is 5.32 Å². The highest BCUT2D eigenvalue weighted by Gasteiger charge is 2.28. The molecule has 0 aliphatic carbocycles. The number of hydrogen-bond donors (Lipinski definition) is 1. The Labute approximate surface area is 93.9 Å². The van der Waals surface area contributed by atoms with Gasteiger partial charge in [0.05, 0.1) is 8.07 Å². The Balaban J connectivity index is 2.25. The normalized spacial score (nSPS) is 21.4. The molecule has 2 rings (SSSR count). The van der Waals surface area contributed by atoms with Gasteiger partial charge in [0.1, 0.15) is 0 Å². The first-order valence-electron chi connectivity index (χ1n) is 5.92. The van der Waals surface area contributed by atoms with Crippen LogP contribution in [0.1, 0.15) is 18.4 Å². The van der Waals surface area contributed by atoms with Crippen molar-refractivity contribution in [2.75, 3.05) is 5.32 Å². The van der Waals surface area contributed by atoms with Crippen LogP contribution in [0, 0.1) is 0 Å². The van der Waals surface area contributed by atoms with Crippen molar-refractivity contribution in [3.63, 3.8) is 0 Å². The van der Waals surface area contributed by atoms with Crippen molar-refractivity contribution in [3.8, 4) is 0 Å². The van der Waals surface area contributed by atoms with E-state index in [9.17, 15) is 0 Å². The molecule has 0 bridgehead atoms. The van der Waals surface area contributed by atoms with E-state index in [4.69, 9.17) is 0 Å². The molecule has 0 saturated heterocycles. The van der Waals surface area contributed by atoms with Crippen LogP contribution in [0.25, 0.3) is 0 Å². The van der Waals surface area contributed by atoms with E-state index in [1.54, 1.807) is 0 Å². The van der Waals surface area contributed by atoms with E-state index < -0.39 is 8.07 Å². The summed E-state index contributed by atoms with van der Waals surface area (Å²) in [5.74, 6) is 0. The molecule has 0 saturated carbocycles. The van der Waals surface area contributed by atoms with Gasteiger partial charge in [-0.2, -0.15) is 0 Å². The summed E-state index contributed by atoms with van der Waals surface area (Å²) >= 11 is 0. The lowest BCUT2D eigenvalue weighted by Gasteiger charge is -2.29. The molecule has 0 amide bonds. The highest BCUT2D eigenvalue weighted by Crippen LogP contribution is 2.27. The first kappa shape index (κ1) is 10.7. The second kappa shape index (κ2) is 4.01. The summed E-state index contributed by atoms with van der Waals surface area (Å²) in [6.07, 6.45) is 3.91. The molecule has 1 N–H and O–H groups in total. The zero-order chi connectivity index (χ0) is 10.9. The van der Waals surface area contributed by atoms with Gasteiger partial charge in [0, 0.05) is 11.4 Å². The van der Waals surface area contributed by atoms with Gasteiger partial charge in [-0.3, -0.25) is 0 Å².